The summed E-state index contributed by atoms with van der Waals surface area (Å²) in [7, 11) is 0. The van der Waals surface area contributed by atoms with E-state index < -0.39 is 0 Å². The number of hydrogen-bond donors (Lipinski definition) is 0. The second-order valence-corrected chi connectivity index (χ2v) is 5.38. The summed E-state index contributed by atoms with van der Waals surface area (Å²) in [6.45, 7) is 2.21. The van der Waals surface area contributed by atoms with E-state index in [1.165, 1.54) is 4.90 Å². The van der Waals surface area contributed by atoms with Crippen LogP contribution in [0.3, 0.4) is 0 Å². The van der Waals surface area contributed by atoms with Crippen LogP contribution in [0, 0.1) is 23.7 Å². The molecular weight excluding hydrogens is 246 g/mol. The number of hydrogen-bond acceptors (Lipinski definition) is 4. The lowest BCUT2D eigenvalue weighted by Crippen LogP contribution is -2.35. The van der Waals surface area contributed by atoms with Crippen LogP contribution < -0.4 is 0 Å². The Morgan fingerprint density at radius 3 is 2.37 bits per heavy atom. The highest BCUT2D eigenvalue weighted by Gasteiger charge is 2.58. The average Bonchev–Trinajstić information content (AvgIpc) is 3.03. The summed E-state index contributed by atoms with van der Waals surface area (Å²) >= 11 is 0. The molecular formula is C14H17NO4. The zero-order valence-corrected chi connectivity index (χ0v) is 10.9. The van der Waals surface area contributed by atoms with E-state index in [1.54, 1.807) is 6.92 Å². The molecule has 0 aromatic rings. The van der Waals surface area contributed by atoms with E-state index in [9.17, 15) is 14.4 Å². The Labute approximate surface area is 111 Å². The lowest BCUT2D eigenvalue weighted by Gasteiger charge is -2.16. The summed E-state index contributed by atoms with van der Waals surface area (Å²) < 4.78 is 4.82. The van der Waals surface area contributed by atoms with Crippen molar-refractivity contribution in [3.05, 3.63) is 12.2 Å². The van der Waals surface area contributed by atoms with Gasteiger partial charge in [-0.2, -0.15) is 0 Å². The van der Waals surface area contributed by atoms with Crippen LogP contribution in [0.1, 0.15) is 19.8 Å². The minimum Gasteiger partial charge on any atom is -0.466 e. The van der Waals surface area contributed by atoms with Gasteiger partial charge in [0.1, 0.15) is 0 Å². The summed E-state index contributed by atoms with van der Waals surface area (Å²) in [5, 5.41) is 0. The third-order valence-electron chi connectivity index (χ3n) is 4.41. The molecule has 1 saturated carbocycles. The molecule has 1 aliphatic heterocycles. The number of carbonyl (C=O) groups excluding carboxylic acids is 3. The second kappa shape index (κ2) is 4.47. The highest BCUT2D eigenvalue weighted by molar-refractivity contribution is 6.06. The minimum atomic E-state index is -0.360. The molecule has 5 heteroatoms. The number of carbonyl (C=O) groups is 3. The number of ether oxygens (including phenoxy) is 1. The predicted molar refractivity (Wildman–Crippen MR) is 65.7 cm³/mol. The van der Waals surface area contributed by atoms with Gasteiger partial charge in [0.15, 0.2) is 0 Å². The van der Waals surface area contributed by atoms with Crippen molar-refractivity contribution in [2.24, 2.45) is 23.7 Å². The Kier molecular flexibility index (Phi) is 2.92. The van der Waals surface area contributed by atoms with Crippen LogP contribution in [0.25, 0.3) is 0 Å². The number of rotatable bonds is 4. The van der Waals surface area contributed by atoms with Crippen LogP contribution in [-0.2, 0) is 19.1 Å². The fourth-order valence-corrected chi connectivity index (χ4v) is 3.62. The van der Waals surface area contributed by atoms with Crippen LogP contribution in [0.2, 0.25) is 0 Å². The zero-order chi connectivity index (χ0) is 13.6. The first-order valence-electron chi connectivity index (χ1n) is 6.82. The number of imide groups is 1. The average molecular weight is 263 g/mol. The molecule has 0 N–H and O–H groups in total. The van der Waals surface area contributed by atoms with Gasteiger partial charge in [0.2, 0.25) is 11.8 Å². The lowest BCUT2D eigenvalue weighted by atomic mass is 9.85. The van der Waals surface area contributed by atoms with E-state index in [2.05, 4.69) is 12.2 Å². The van der Waals surface area contributed by atoms with Crippen molar-refractivity contribution in [1.82, 2.24) is 4.90 Å². The second-order valence-electron chi connectivity index (χ2n) is 5.38. The molecule has 0 unspecified atom stereocenters. The maximum atomic E-state index is 12.3. The van der Waals surface area contributed by atoms with Gasteiger partial charge in [0.25, 0.3) is 0 Å². The molecule has 2 amide bonds. The molecule has 102 valence electrons. The van der Waals surface area contributed by atoms with Crippen molar-refractivity contribution < 1.29 is 19.1 Å². The highest BCUT2D eigenvalue weighted by Crippen LogP contribution is 2.52. The van der Waals surface area contributed by atoms with Gasteiger partial charge in [-0.05, 0) is 25.2 Å². The number of fused-ring (bicyclic) bond motifs is 5. The van der Waals surface area contributed by atoms with Crippen molar-refractivity contribution in [2.45, 2.75) is 19.8 Å². The Morgan fingerprint density at radius 2 is 1.84 bits per heavy atom. The van der Waals surface area contributed by atoms with Gasteiger partial charge in [0.05, 0.1) is 24.9 Å². The van der Waals surface area contributed by atoms with E-state index in [-0.39, 0.29) is 54.4 Å². The molecule has 3 rings (SSSR count). The summed E-state index contributed by atoms with van der Waals surface area (Å²) in [5.41, 5.74) is 0. The fourth-order valence-electron chi connectivity index (χ4n) is 3.62. The van der Waals surface area contributed by atoms with Gasteiger partial charge in [-0.3, -0.25) is 19.3 Å². The first kappa shape index (κ1) is 12.4. The van der Waals surface area contributed by atoms with Crippen molar-refractivity contribution in [1.29, 1.82) is 0 Å². The molecule has 5 nitrogen and oxygen atoms in total. The first-order chi connectivity index (χ1) is 9.13. The molecule has 2 aliphatic carbocycles. The van der Waals surface area contributed by atoms with E-state index >= 15 is 0 Å². The molecule has 0 aromatic carbocycles. The monoisotopic (exact) mass is 263 g/mol. The van der Waals surface area contributed by atoms with Gasteiger partial charge in [-0.25, -0.2) is 0 Å². The van der Waals surface area contributed by atoms with Crippen molar-refractivity contribution in [3.8, 4) is 0 Å². The number of nitrogens with zero attached hydrogens (tertiary/aromatic N) is 1. The van der Waals surface area contributed by atoms with E-state index in [0.29, 0.717) is 6.61 Å². The summed E-state index contributed by atoms with van der Waals surface area (Å²) in [5.74, 6) is -0.471. The normalized spacial score (nSPS) is 35.1. The number of allylic oxidation sites excluding steroid dienone is 2. The number of amides is 2. The van der Waals surface area contributed by atoms with Crippen molar-refractivity contribution in [3.63, 3.8) is 0 Å². The van der Waals surface area contributed by atoms with Crippen LogP contribution in [0.5, 0.6) is 0 Å². The molecule has 0 spiro atoms. The Morgan fingerprint density at radius 1 is 1.26 bits per heavy atom. The molecule has 4 atom stereocenters. The van der Waals surface area contributed by atoms with Gasteiger partial charge < -0.3 is 4.74 Å². The summed E-state index contributed by atoms with van der Waals surface area (Å²) in [6.07, 6.45) is 5.14. The Balaban J connectivity index is 1.67. The van der Waals surface area contributed by atoms with Crippen LogP contribution >= 0.6 is 0 Å². The van der Waals surface area contributed by atoms with Gasteiger partial charge in [0, 0.05) is 6.54 Å². The molecule has 2 fully saturated rings. The highest BCUT2D eigenvalue weighted by atomic mass is 16.5. The third kappa shape index (κ3) is 1.79. The first-order valence-corrected chi connectivity index (χ1v) is 6.82. The minimum absolute atomic E-state index is 0.0908. The summed E-state index contributed by atoms with van der Waals surface area (Å²) in [6, 6.07) is 0. The molecule has 1 saturated heterocycles. The maximum Gasteiger partial charge on any atom is 0.307 e. The predicted octanol–water partition coefficient (Wildman–Crippen LogP) is 0.747. The lowest BCUT2D eigenvalue weighted by molar-refractivity contribution is -0.145. The molecule has 19 heavy (non-hydrogen) atoms. The van der Waals surface area contributed by atoms with E-state index in [4.69, 9.17) is 4.74 Å². The van der Waals surface area contributed by atoms with E-state index in [1.807, 2.05) is 0 Å². The standard InChI is InChI=1S/C14H17NO4/c1-2-19-10(16)5-6-15-13(17)11-8-3-4-9(7-8)12(11)14(15)18/h3-4,8-9,11-12H,2,5-7H2,1H3/t8-,9-,11-,12+/m0/s1. The smallest absolute Gasteiger partial charge is 0.307 e. The molecule has 3 aliphatic rings. The largest absolute Gasteiger partial charge is 0.466 e. The van der Waals surface area contributed by atoms with Crippen molar-refractivity contribution in [2.75, 3.05) is 13.2 Å². The zero-order valence-electron chi connectivity index (χ0n) is 10.9. The van der Waals surface area contributed by atoms with Gasteiger partial charge >= 0.3 is 5.97 Å². The van der Waals surface area contributed by atoms with Crippen LogP contribution in [0.15, 0.2) is 12.2 Å². The topological polar surface area (TPSA) is 63.7 Å². The number of esters is 1. The third-order valence-corrected chi connectivity index (χ3v) is 4.41. The molecule has 1 heterocycles. The van der Waals surface area contributed by atoms with E-state index in [0.717, 1.165) is 6.42 Å². The Bertz CT molecular complexity index is 440. The number of likely N-dealkylation sites (tertiary alicyclic amines) is 1. The molecule has 0 radical (unpaired) electrons. The van der Waals surface area contributed by atoms with Crippen molar-refractivity contribution >= 4 is 17.8 Å². The SMILES string of the molecule is CCOC(=O)CCN1C(=O)[C@@H]2[C@H](C1=O)[C@H]1C=C[C@H]2C1. The van der Waals surface area contributed by atoms with Gasteiger partial charge in [-0.1, -0.05) is 12.2 Å². The summed E-state index contributed by atoms with van der Waals surface area (Å²) in [4.78, 5) is 37.1. The molecule has 0 aromatic heterocycles. The maximum absolute atomic E-state index is 12.3. The molecule has 2 bridgehead atoms. The van der Waals surface area contributed by atoms with Crippen LogP contribution in [-0.4, -0.2) is 35.8 Å². The Hall–Kier alpha value is -1.65. The fraction of sp³-hybridized carbons (Fsp3) is 0.643. The quantitative estimate of drug-likeness (QED) is 0.426. The van der Waals surface area contributed by atoms with Crippen LogP contribution in [0.4, 0.5) is 0 Å². The van der Waals surface area contributed by atoms with Gasteiger partial charge in [-0.15, -0.1) is 0 Å².